The number of alkyl halides is 1. The molecular formula is C22H36Cl3N5O. The number of aliphatic imine (C=N–C) groups is 2. The van der Waals surface area contributed by atoms with Gasteiger partial charge in [0.15, 0.2) is 0 Å². The number of hydrogen-bond acceptors (Lipinski definition) is 4. The maximum Gasteiger partial charge on any atom is 0.144 e. The molecule has 1 aliphatic rings. The van der Waals surface area contributed by atoms with Gasteiger partial charge in [-0.25, -0.2) is 5.01 Å². The Labute approximate surface area is 202 Å². The number of allylic oxidation sites excluding steroid dienone is 2. The van der Waals surface area contributed by atoms with Crippen LogP contribution in [0.2, 0.25) is 0 Å². The summed E-state index contributed by atoms with van der Waals surface area (Å²) in [6, 6.07) is 0. The number of aliphatic hydroxyl groups is 1. The van der Waals surface area contributed by atoms with Crippen LogP contribution < -0.4 is 10.7 Å². The van der Waals surface area contributed by atoms with E-state index in [4.69, 9.17) is 34.8 Å². The molecule has 1 heterocycles. The van der Waals surface area contributed by atoms with Crippen LogP contribution in [0.1, 0.15) is 46.0 Å². The van der Waals surface area contributed by atoms with E-state index in [2.05, 4.69) is 32.7 Å². The summed E-state index contributed by atoms with van der Waals surface area (Å²) in [5.41, 5.74) is 6.16. The Morgan fingerprint density at radius 1 is 1.26 bits per heavy atom. The molecule has 1 rings (SSSR count). The van der Waals surface area contributed by atoms with Crippen molar-refractivity contribution >= 4 is 46.5 Å². The van der Waals surface area contributed by atoms with Crippen LogP contribution in [0.3, 0.4) is 0 Å². The minimum Gasteiger partial charge on any atom is -0.396 e. The molecule has 1 saturated heterocycles. The molecule has 9 heteroatoms. The lowest BCUT2D eigenvalue weighted by molar-refractivity contribution is 0.195. The van der Waals surface area contributed by atoms with Crippen LogP contribution >= 0.6 is 34.8 Å². The number of rotatable bonds is 11. The average Bonchev–Trinajstić information content (AvgIpc) is 2.81. The quantitative estimate of drug-likeness (QED) is 0.168. The lowest BCUT2D eigenvalue weighted by atomic mass is 10.0. The molecule has 0 radical (unpaired) electrons. The van der Waals surface area contributed by atoms with Crippen molar-refractivity contribution in [3.63, 3.8) is 0 Å². The van der Waals surface area contributed by atoms with Crippen LogP contribution in [0, 0.1) is 5.92 Å². The molecule has 0 aromatic heterocycles. The molecule has 0 bridgehead atoms. The Morgan fingerprint density at radius 3 is 2.48 bits per heavy atom. The highest BCUT2D eigenvalue weighted by atomic mass is 35.5. The van der Waals surface area contributed by atoms with Crippen molar-refractivity contribution in [1.29, 1.82) is 0 Å². The molecule has 0 aromatic carbocycles. The Hall–Kier alpha value is -1.05. The molecule has 1 aliphatic heterocycles. The molecule has 6 nitrogen and oxygen atoms in total. The molecule has 176 valence electrons. The third-order valence-electron chi connectivity index (χ3n) is 5.13. The molecule has 1 atom stereocenters. The Bertz CT molecular complexity index is 683. The number of piperidine rings is 1. The van der Waals surface area contributed by atoms with E-state index in [1.807, 2.05) is 13.0 Å². The summed E-state index contributed by atoms with van der Waals surface area (Å²) in [5, 5.41) is 15.1. The van der Waals surface area contributed by atoms with E-state index in [1.165, 1.54) is 24.8 Å². The third kappa shape index (κ3) is 10.4. The van der Waals surface area contributed by atoms with Crippen LogP contribution in [-0.4, -0.2) is 61.0 Å². The minimum absolute atomic E-state index is 0.142. The van der Waals surface area contributed by atoms with Crippen molar-refractivity contribution in [1.82, 2.24) is 15.8 Å². The smallest absolute Gasteiger partial charge is 0.144 e. The van der Waals surface area contributed by atoms with Gasteiger partial charge in [-0.3, -0.25) is 9.98 Å². The zero-order valence-corrected chi connectivity index (χ0v) is 21.1. The maximum absolute atomic E-state index is 9.23. The zero-order valence-electron chi connectivity index (χ0n) is 18.8. The van der Waals surface area contributed by atoms with E-state index in [9.17, 15) is 5.11 Å². The molecule has 3 N–H and O–H groups in total. The van der Waals surface area contributed by atoms with Gasteiger partial charge in [0.25, 0.3) is 0 Å². The van der Waals surface area contributed by atoms with Crippen LogP contribution in [0.25, 0.3) is 0 Å². The van der Waals surface area contributed by atoms with Crippen LogP contribution in [0.5, 0.6) is 0 Å². The third-order valence-corrected chi connectivity index (χ3v) is 6.04. The van der Waals surface area contributed by atoms with Gasteiger partial charge in [0, 0.05) is 44.7 Å². The molecule has 1 fully saturated rings. The molecule has 0 aromatic rings. The second-order valence-electron chi connectivity index (χ2n) is 7.33. The van der Waals surface area contributed by atoms with Gasteiger partial charge in [-0.1, -0.05) is 49.0 Å². The SMILES string of the molecule is C/C=C(/Cl)C(=NCC(CC)CCO)NC(=C/Cl)/C(=C/C(=NC)NN1CCCCC1)CCl. The van der Waals surface area contributed by atoms with Crippen molar-refractivity contribution in [3.05, 3.63) is 34.0 Å². The van der Waals surface area contributed by atoms with Crippen LogP contribution in [-0.2, 0) is 0 Å². The van der Waals surface area contributed by atoms with Gasteiger partial charge in [-0.05, 0) is 43.8 Å². The fraction of sp³-hybridized carbons (Fsp3) is 0.636. The molecule has 0 amide bonds. The van der Waals surface area contributed by atoms with E-state index in [1.54, 1.807) is 13.1 Å². The van der Waals surface area contributed by atoms with E-state index in [0.29, 0.717) is 35.4 Å². The first kappa shape index (κ1) is 28.0. The van der Waals surface area contributed by atoms with Gasteiger partial charge in [0.2, 0.25) is 0 Å². The predicted octanol–water partition coefficient (Wildman–Crippen LogP) is 4.79. The number of amidine groups is 2. The second kappa shape index (κ2) is 16.6. The van der Waals surface area contributed by atoms with Crippen LogP contribution in [0.4, 0.5) is 0 Å². The second-order valence-corrected chi connectivity index (χ2v) is 8.22. The minimum atomic E-state index is 0.142. The topological polar surface area (TPSA) is 72.2 Å². The largest absolute Gasteiger partial charge is 0.396 e. The van der Waals surface area contributed by atoms with Crippen molar-refractivity contribution < 1.29 is 5.11 Å². The number of hydrazine groups is 1. The number of nitrogens with zero attached hydrogens (tertiary/aromatic N) is 3. The van der Waals surface area contributed by atoms with Crippen molar-refractivity contribution in [2.45, 2.75) is 46.0 Å². The Balaban J connectivity index is 3.02. The number of hydrogen-bond donors (Lipinski definition) is 3. The molecular weight excluding hydrogens is 457 g/mol. The zero-order chi connectivity index (χ0) is 23.1. The highest BCUT2D eigenvalue weighted by Crippen LogP contribution is 2.16. The predicted molar refractivity (Wildman–Crippen MR) is 135 cm³/mol. The van der Waals surface area contributed by atoms with Crippen molar-refractivity contribution in [2.75, 3.05) is 39.2 Å². The summed E-state index contributed by atoms with van der Waals surface area (Å²) >= 11 is 18.8. The number of aliphatic hydroxyl groups excluding tert-OH is 1. The maximum atomic E-state index is 9.23. The highest BCUT2D eigenvalue weighted by Gasteiger charge is 2.14. The lowest BCUT2D eigenvalue weighted by Gasteiger charge is -2.28. The summed E-state index contributed by atoms with van der Waals surface area (Å²) in [5.74, 6) is 1.74. The summed E-state index contributed by atoms with van der Waals surface area (Å²) < 4.78 is 0. The summed E-state index contributed by atoms with van der Waals surface area (Å²) in [7, 11) is 1.74. The van der Waals surface area contributed by atoms with Gasteiger partial charge in [0.05, 0.1) is 10.7 Å². The van der Waals surface area contributed by atoms with Gasteiger partial charge >= 0.3 is 0 Å². The highest BCUT2D eigenvalue weighted by molar-refractivity contribution is 6.43. The van der Waals surface area contributed by atoms with Crippen LogP contribution in [0.15, 0.2) is 44.0 Å². The summed E-state index contributed by atoms with van der Waals surface area (Å²) in [6.07, 6.45) is 8.87. The number of nitrogens with one attached hydrogen (secondary N) is 2. The van der Waals surface area contributed by atoms with Gasteiger partial charge in [0.1, 0.15) is 11.7 Å². The molecule has 0 spiro atoms. The van der Waals surface area contributed by atoms with E-state index >= 15 is 0 Å². The molecule has 0 aliphatic carbocycles. The summed E-state index contributed by atoms with van der Waals surface area (Å²) in [4.78, 5) is 9.00. The standard InChI is InChI=1S/C22H36Cl3N5O/c1-4-17(9-12-31)16-27-22(19(25)5-2)28-20(15-24)18(14-23)13-21(26-3)29-30-10-7-6-8-11-30/h5,13,15,17,31H,4,6-12,14,16H2,1-3H3,(H,26,29)(H,27,28)/b18-13+,19-5+,20-15+. The first-order valence-corrected chi connectivity index (χ1v) is 12.2. The first-order valence-electron chi connectivity index (χ1n) is 10.8. The lowest BCUT2D eigenvalue weighted by Crippen LogP contribution is -2.44. The van der Waals surface area contributed by atoms with E-state index in [0.717, 1.165) is 25.1 Å². The van der Waals surface area contributed by atoms with E-state index in [-0.39, 0.29) is 18.4 Å². The summed E-state index contributed by atoms with van der Waals surface area (Å²) in [6.45, 7) is 6.59. The van der Waals surface area contributed by atoms with E-state index < -0.39 is 0 Å². The monoisotopic (exact) mass is 491 g/mol. The van der Waals surface area contributed by atoms with Gasteiger partial charge in [-0.2, -0.15) is 0 Å². The fourth-order valence-electron chi connectivity index (χ4n) is 3.11. The van der Waals surface area contributed by atoms with Crippen molar-refractivity contribution in [2.24, 2.45) is 15.9 Å². The molecule has 1 unspecified atom stereocenters. The average molecular weight is 493 g/mol. The first-order chi connectivity index (χ1) is 15.0. The molecule has 31 heavy (non-hydrogen) atoms. The van der Waals surface area contributed by atoms with Crippen molar-refractivity contribution in [3.8, 4) is 0 Å². The number of halogens is 3. The molecule has 0 saturated carbocycles. The Morgan fingerprint density at radius 2 is 1.97 bits per heavy atom. The fourth-order valence-corrected chi connectivity index (χ4v) is 3.63. The normalized spacial score (nSPS) is 18.9. The van der Waals surface area contributed by atoms with Gasteiger partial charge in [-0.15, -0.1) is 11.6 Å². The van der Waals surface area contributed by atoms with Gasteiger partial charge < -0.3 is 15.8 Å². The Kier molecular flexibility index (Phi) is 15.0.